The van der Waals surface area contributed by atoms with Crippen LogP contribution < -0.4 is 5.32 Å². The number of hydrogen-bond acceptors (Lipinski definition) is 2. The number of nitrogens with zero attached hydrogens (tertiary/aromatic N) is 2. The molecule has 1 aliphatic heterocycles. The number of hydrogen-bond donors (Lipinski definition) is 1. The lowest BCUT2D eigenvalue weighted by Gasteiger charge is -2.31. The summed E-state index contributed by atoms with van der Waals surface area (Å²) in [5.41, 5.74) is 0. The van der Waals surface area contributed by atoms with Gasteiger partial charge in [-0.05, 0) is 19.3 Å². The van der Waals surface area contributed by atoms with Crippen LogP contribution in [-0.4, -0.2) is 55.1 Å². The highest BCUT2D eigenvalue weighted by Crippen LogP contribution is 2.25. The summed E-state index contributed by atoms with van der Waals surface area (Å²) in [4.78, 5) is 15.8. The second kappa shape index (κ2) is 5.71. The highest BCUT2D eigenvalue weighted by molar-refractivity contribution is 5.73. The Morgan fingerprint density at radius 2 is 1.88 bits per heavy atom. The lowest BCUT2D eigenvalue weighted by molar-refractivity contribution is 0.184. The number of carbonyl (C=O) groups is 1. The first-order chi connectivity index (χ1) is 8.16. The van der Waals surface area contributed by atoms with Crippen LogP contribution in [0.25, 0.3) is 0 Å². The second-order valence-electron chi connectivity index (χ2n) is 5.62. The number of rotatable bonds is 2. The Labute approximate surface area is 104 Å². The summed E-state index contributed by atoms with van der Waals surface area (Å²) in [5, 5.41) is 3.09. The Balaban J connectivity index is 1.76. The smallest absolute Gasteiger partial charge is 0.317 e. The minimum Gasteiger partial charge on any atom is -0.334 e. The second-order valence-corrected chi connectivity index (χ2v) is 5.62. The maximum atomic E-state index is 11.6. The molecule has 4 heteroatoms. The molecule has 2 fully saturated rings. The summed E-state index contributed by atoms with van der Waals surface area (Å²) in [7, 11) is 3.59. The van der Waals surface area contributed by atoms with Crippen LogP contribution in [-0.2, 0) is 0 Å². The van der Waals surface area contributed by atoms with Crippen LogP contribution in [0.5, 0.6) is 0 Å². The van der Waals surface area contributed by atoms with Gasteiger partial charge in [0.2, 0.25) is 0 Å². The van der Waals surface area contributed by atoms with Gasteiger partial charge in [0.1, 0.15) is 0 Å². The van der Waals surface area contributed by atoms with E-state index in [9.17, 15) is 4.79 Å². The van der Waals surface area contributed by atoms with Gasteiger partial charge in [-0.2, -0.15) is 0 Å². The van der Waals surface area contributed by atoms with Crippen LogP contribution in [0.4, 0.5) is 4.79 Å². The maximum Gasteiger partial charge on any atom is 0.317 e. The van der Waals surface area contributed by atoms with Crippen LogP contribution in [0.15, 0.2) is 0 Å². The quantitative estimate of drug-likeness (QED) is 0.795. The molecule has 0 aromatic heterocycles. The molecular weight excluding hydrogens is 214 g/mol. The van der Waals surface area contributed by atoms with Crippen molar-refractivity contribution in [3.8, 4) is 0 Å². The van der Waals surface area contributed by atoms with Gasteiger partial charge in [0, 0.05) is 39.3 Å². The zero-order valence-electron chi connectivity index (χ0n) is 11.1. The molecule has 1 atom stereocenters. The predicted molar refractivity (Wildman–Crippen MR) is 69.1 cm³/mol. The minimum absolute atomic E-state index is 0.0421. The number of amides is 2. The first kappa shape index (κ1) is 12.7. The molecule has 0 spiro atoms. The van der Waals surface area contributed by atoms with E-state index in [0.29, 0.717) is 6.04 Å². The number of nitrogens with one attached hydrogen (secondary N) is 1. The van der Waals surface area contributed by atoms with E-state index >= 15 is 0 Å². The van der Waals surface area contributed by atoms with Gasteiger partial charge in [0.05, 0.1) is 0 Å². The average molecular weight is 239 g/mol. The summed E-state index contributed by atoms with van der Waals surface area (Å²) >= 11 is 0. The van der Waals surface area contributed by atoms with Crippen molar-refractivity contribution in [2.75, 3.05) is 27.2 Å². The number of urea groups is 1. The molecule has 98 valence electrons. The molecule has 0 aromatic rings. The molecule has 1 unspecified atom stereocenters. The highest BCUT2D eigenvalue weighted by Gasteiger charge is 2.29. The van der Waals surface area contributed by atoms with Crippen molar-refractivity contribution < 1.29 is 4.79 Å². The minimum atomic E-state index is 0.0421. The van der Waals surface area contributed by atoms with Gasteiger partial charge in [0.25, 0.3) is 0 Å². The Hall–Kier alpha value is -0.770. The summed E-state index contributed by atoms with van der Waals surface area (Å²) in [6.07, 6.45) is 8.00. The van der Waals surface area contributed by atoms with Crippen LogP contribution in [0.1, 0.15) is 38.5 Å². The summed E-state index contributed by atoms with van der Waals surface area (Å²) in [6, 6.07) is 1.18. The van der Waals surface area contributed by atoms with Gasteiger partial charge in [-0.25, -0.2) is 4.79 Å². The number of likely N-dealkylation sites (tertiary alicyclic amines) is 1. The Bertz CT molecular complexity index is 261. The van der Waals surface area contributed by atoms with Crippen molar-refractivity contribution in [1.29, 1.82) is 0 Å². The van der Waals surface area contributed by atoms with E-state index in [4.69, 9.17) is 0 Å². The van der Waals surface area contributed by atoms with E-state index in [1.807, 2.05) is 0 Å². The average Bonchev–Trinajstić information content (AvgIpc) is 2.78. The Kier molecular flexibility index (Phi) is 4.26. The van der Waals surface area contributed by atoms with Crippen LogP contribution in [0.2, 0.25) is 0 Å². The molecule has 2 amide bonds. The summed E-state index contributed by atoms with van der Waals surface area (Å²) < 4.78 is 0. The molecule has 2 rings (SSSR count). The zero-order valence-corrected chi connectivity index (χ0v) is 11.1. The van der Waals surface area contributed by atoms with Gasteiger partial charge in [-0.3, -0.25) is 4.90 Å². The van der Waals surface area contributed by atoms with E-state index in [1.165, 1.54) is 32.1 Å². The molecule has 0 bridgehead atoms. The van der Waals surface area contributed by atoms with Gasteiger partial charge >= 0.3 is 6.03 Å². The van der Waals surface area contributed by atoms with Gasteiger partial charge < -0.3 is 10.2 Å². The van der Waals surface area contributed by atoms with Crippen LogP contribution >= 0.6 is 0 Å². The maximum absolute atomic E-state index is 11.6. The molecule has 1 N–H and O–H groups in total. The lowest BCUT2D eigenvalue weighted by atomic mass is 9.94. The van der Waals surface area contributed by atoms with Crippen molar-refractivity contribution in [1.82, 2.24) is 15.1 Å². The third kappa shape index (κ3) is 3.35. The van der Waals surface area contributed by atoms with E-state index in [0.717, 1.165) is 25.6 Å². The summed E-state index contributed by atoms with van der Waals surface area (Å²) in [6.45, 7) is 2.20. The molecule has 0 radical (unpaired) electrons. The highest BCUT2D eigenvalue weighted by atomic mass is 16.2. The largest absolute Gasteiger partial charge is 0.334 e. The molecule has 1 heterocycles. The van der Waals surface area contributed by atoms with E-state index < -0.39 is 0 Å². The van der Waals surface area contributed by atoms with Crippen LogP contribution in [0, 0.1) is 0 Å². The molecule has 1 saturated carbocycles. The number of carbonyl (C=O) groups excluding carboxylic acids is 1. The van der Waals surface area contributed by atoms with Gasteiger partial charge in [-0.1, -0.05) is 19.3 Å². The molecule has 17 heavy (non-hydrogen) atoms. The van der Waals surface area contributed by atoms with E-state index in [-0.39, 0.29) is 6.03 Å². The first-order valence-electron chi connectivity index (χ1n) is 6.88. The topological polar surface area (TPSA) is 35.6 Å². The lowest BCUT2D eigenvalue weighted by Crippen LogP contribution is -2.44. The van der Waals surface area contributed by atoms with Crippen molar-refractivity contribution in [2.24, 2.45) is 0 Å². The van der Waals surface area contributed by atoms with Crippen molar-refractivity contribution in [2.45, 2.75) is 50.6 Å². The molecule has 4 nitrogen and oxygen atoms in total. The zero-order chi connectivity index (χ0) is 12.3. The molecular formula is C13H25N3O. The van der Waals surface area contributed by atoms with Gasteiger partial charge in [-0.15, -0.1) is 0 Å². The molecule has 0 aromatic carbocycles. The standard InChI is InChI=1S/C13H25N3O/c1-15(2)13(17)14-11-8-9-16(10-11)12-6-4-3-5-7-12/h11-12H,3-10H2,1-2H3,(H,14,17). The van der Waals surface area contributed by atoms with Crippen molar-refractivity contribution >= 4 is 6.03 Å². The first-order valence-corrected chi connectivity index (χ1v) is 6.88. The van der Waals surface area contributed by atoms with E-state index in [2.05, 4.69) is 10.2 Å². The van der Waals surface area contributed by atoms with Crippen LogP contribution in [0.3, 0.4) is 0 Å². The SMILES string of the molecule is CN(C)C(=O)NC1CCN(C2CCCCC2)C1. The fourth-order valence-corrected chi connectivity index (χ4v) is 2.99. The monoisotopic (exact) mass is 239 g/mol. The fourth-order valence-electron chi connectivity index (χ4n) is 2.99. The normalized spacial score (nSPS) is 27.1. The fraction of sp³-hybridized carbons (Fsp3) is 0.923. The summed E-state index contributed by atoms with van der Waals surface area (Å²) in [5.74, 6) is 0. The van der Waals surface area contributed by atoms with E-state index in [1.54, 1.807) is 19.0 Å². The Morgan fingerprint density at radius 3 is 2.53 bits per heavy atom. The third-order valence-electron chi connectivity index (χ3n) is 4.04. The van der Waals surface area contributed by atoms with Crippen molar-refractivity contribution in [3.63, 3.8) is 0 Å². The molecule has 2 aliphatic rings. The third-order valence-corrected chi connectivity index (χ3v) is 4.04. The predicted octanol–water partition coefficient (Wildman–Crippen LogP) is 1.66. The molecule has 1 aliphatic carbocycles. The van der Waals surface area contributed by atoms with Gasteiger partial charge in [0.15, 0.2) is 0 Å². The van der Waals surface area contributed by atoms with Crippen molar-refractivity contribution in [3.05, 3.63) is 0 Å². The Morgan fingerprint density at radius 1 is 1.18 bits per heavy atom. The molecule has 1 saturated heterocycles.